The maximum atomic E-state index is 13.1. The molecule has 0 aromatic carbocycles. The lowest BCUT2D eigenvalue weighted by atomic mass is 10.2. The van der Waals surface area contributed by atoms with Crippen LogP contribution in [0.1, 0.15) is 27.2 Å². The van der Waals surface area contributed by atoms with Crippen molar-refractivity contribution >= 4 is 0 Å². The van der Waals surface area contributed by atoms with Crippen LogP contribution in [0.2, 0.25) is 0 Å². The Kier molecular flexibility index (Phi) is 5.42. The Morgan fingerprint density at radius 2 is 1.39 bits per heavy atom. The van der Waals surface area contributed by atoms with Gasteiger partial charge in [0.2, 0.25) is 0 Å². The molecule has 0 rings (SSSR count). The first-order valence-corrected chi connectivity index (χ1v) is 5.01. The topological polar surface area (TPSA) is 18.5 Å². The number of hydrogen-bond donors (Lipinski definition) is 0. The van der Waals surface area contributed by atoms with Gasteiger partial charge in [0.05, 0.1) is 6.10 Å². The van der Waals surface area contributed by atoms with Gasteiger partial charge in [0.1, 0.15) is 6.10 Å². The summed E-state index contributed by atoms with van der Waals surface area (Å²) in [4.78, 5) is 0. The third-order valence-corrected chi connectivity index (χ3v) is 2.15. The molecule has 0 aromatic rings. The van der Waals surface area contributed by atoms with E-state index in [1.54, 1.807) is 6.92 Å². The Bertz CT molecular complexity index is 264. The minimum Gasteiger partial charge on any atom is -0.369 e. The van der Waals surface area contributed by atoms with Gasteiger partial charge in [-0.15, -0.1) is 13.2 Å². The molecule has 9 heteroatoms. The summed E-state index contributed by atoms with van der Waals surface area (Å²) in [5.41, 5.74) is 0. The van der Waals surface area contributed by atoms with Gasteiger partial charge in [-0.2, -0.15) is 17.6 Å². The van der Waals surface area contributed by atoms with Crippen LogP contribution in [0.15, 0.2) is 0 Å². The molecule has 2 atom stereocenters. The number of alkyl halides is 7. The Morgan fingerprint density at radius 1 is 0.944 bits per heavy atom. The first-order chi connectivity index (χ1) is 7.83. The van der Waals surface area contributed by atoms with E-state index in [1.165, 1.54) is 6.92 Å². The highest BCUT2D eigenvalue weighted by Crippen LogP contribution is 2.43. The molecule has 0 aliphatic carbocycles. The van der Waals surface area contributed by atoms with Gasteiger partial charge in [0.15, 0.2) is 0 Å². The molecular weight excluding hydrogens is 273 g/mol. The Hall–Kier alpha value is -0.570. The van der Waals surface area contributed by atoms with Crippen LogP contribution in [0.4, 0.5) is 30.7 Å². The Morgan fingerprint density at radius 3 is 1.72 bits per heavy atom. The second-order valence-electron chi connectivity index (χ2n) is 3.68. The zero-order valence-electron chi connectivity index (χ0n) is 9.82. The second-order valence-corrected chi connectivity index (χ2v) is 3.68. The van der Waals surface area contributed by atoms with Crippen molar-refractivity contribution in [3.8, 4) is 0 Å². The molecule has 0 heterocycles. The molecule has 0 bridgehead atoms. The molecule has 18 heavy (non-hydrogen) atoms. The average Bonchev–Trinajstić information content (AvgIpc) is 2.13. The highest BCUT2D eigenvalue weighted by atomic mass is 19.4. The van der Waals surface area contributed by atoms with E-state index < -0.39 is 30.6 Å². The van der Waals surface area contributed by atoms with Crippen molar-refractivity contribution in [2.45, 2.75) is 57.8 Å². The zero-order chi connectivity index (χ0) is 14.8. The van der Waals surface area contributed by atoms with Crippen molar-refractivity contribution < 1.29 is 40.2 Å². The summed E-state index contributed by atoms with van der Waals surface area (Å²) in [5.74, 6) is -5.11. The van der Waals surface area contributed by atoms with Crippen molar-refractivity contribution in [2.75, 3.05) is 0 Å². The van der Waals surface area contributed by atoms with E-state index in [2.05, 4.69) is 9.47 Å². The summed E-state index contributed by atoms with van der Waals surface area (Å²) >= 11 is 0. The normalized spacial score (nSPS) is 17.7. The average molecular weight is 286 g/mol. The lowest BCUT2D eigenvalue weighted by Gasteiger charge is -2.32. The fourth-order valence-electron chi connectivity index (χ4n) is 0.980. The van der Waals surface area contributed by atoms with Crippen LogP contribution in [-0.2, 0) is 9.47 Å². The summed E-state index contributed by atoms with van der Waals surface area (Å²) in [6.07, 6.45) is -14.6. The molecule has 0 aliphatic rings. The Labute approximate surface area is 99.0 Å². The minimum absolute atomic E-state index is 0.242. The van der Waals surface area contributed by atoms with E-state index in [0.717, 1.165) is 0 Å². The lowest BCUT2D eigenvalue weighted by molar-refractivity contribution is -0.474. The van der Waals surface area contributed by atoms with Gasteiger partial charge in [0.25, 0.3) is 0 Å². The fourth-order valence-corrected chi connectivity index (χ4v) is 0.980. The fraction of sp³-hybridized carbons (Fsp3) is 1.00. The van der Waals surface area contributed by atoms with E-state index in [1.807, 2.05) is 0 Å². The van der Waals surface area contributed by atoms with Crippen LogP contribution >= 0.6 is 0 Å². The molecule has 0 saturated heterocycles. The number of rotatable bonds is 6. The predicted molar refractivity (Wildman–Crippen MR) is 47.3 cm³/mol. The molecule has 0 spiro atoms. The van der Waals surface area contributed by atoms with Crippen LogP contribution in [0.25, 0.3) is 0 Å². The van der Waals surface area contributed by atoms with Gasteiger partial charge in [-0.25, -0.2) is 4.74 Å². The van der Waals surface area contributed by atoms with E-state index in [0.29, 0.717) is 6.92 Å². The lowest BCUT2D eigenvalue weighted by Crippen LogP contribution is -2.53. The maximum Gasteiger partial charge on any atom is 0.527 e. The van der Waals surface area contributed by atoms with Crippen LogP contribution < -0.4 is 0 Å². The number of hydrogen-bond acceptors (Lipinski definition) is 2. The first-order valence-electron chi connectivity index (χ1n) is 5.01. The molecule has 0 N–H and O–H groups in total. The Balaban J connectivity index is 4.88. The molecule has 110 valence electrons. The molecule has 0 fully saturated rings. The monoisotopic (exact) mass is 286 g/mol. The molecule has 2 nitrogen and oxygen atoms in total. The smallest absolute Gasteiger partial charge is 0.369 e. The van der Waals surface area contributed by atoms with Crippen molar-refractivity contribution in [1.82, 2.24) is 0 Å². The predicted octanol–water partition coefficient (Wildman–Crippen LogP) is 3.95. The highest BCUT2D eigenvalue weighted by Gasteiger charge is 2.66. The van der Waals surface area contributed by atoms with Gasteiger partial charge in [-0.3, -0.25) is 0 Å². The third kappa shape index (κ3) is 4.60. The molecule has 0 amide bonds. The van der Waals surface area contributed by atoms with Crippen molar-refractivity contribution in [3.05, 3.63) is 0 Å². The van der Waals surface area contributed by atoms with Crippen LogP contribution in [0.5, 0.6) is 0 Å². The standard InChI is InChI=1S/C9H13F7O2/c1-4-5(2)17-6(3)7(10,11)8(12,13)18-9(14,15)16/h5-6H,4H2,1-3H3. The van der Waals surface area contributed by atoms with E-state index in [-0.39, 0.29) is 6.42 Å². The summed E-state index contributed by atoms with van der Waals surface area (Å²) < 4.78 is 93.1. The van der Waals surface area contributed by atoms with Crippen molar-refractivity contribution in [3.63, 3.8) is 0 Å². The molecular formula is C9H13F7O2. The quantitative estimate of drug-likeness (QED) is 0.688. The maximum absolute atomic E-state index is 13.1. The molecule has 0 aliphatic heterocycles. The van der Waals surface area contributed by atoms with Crippen molar-refractivity contribution in [2.24, 2.45) is 0 Å². The van der Waals surface area contributed by atoms with Gasteiger partial charge in [0, 0.05) is 0 Å². The van der Waals surface area contributed by atoms with Crippen LogP contribution in [-0.4, -0.2) is 30.6 Å². The van der Waals surface area contributed by atoms with Gasteiger partial charge in [-0.1, -0.05) is 6.92 Å². The molecule has 0 aromatic heterocycles. The summed E-state index contributed by atoms with van der Waals surface area (Å²) in [6.45, 7) is 3.43. The third-order valence-electron chi connectivity index (χ3n) is 2.15. The number of ether oxygens (including phenoxy) is 2. The largest absolute Gasteiger partial charge is 0.527 e. The van der Waals surface area contributed by atoms with Gasteiger partial charge < -0.3 is 4.74 Å². The van der Waals surface area contributed by atoms with E-state index in [9.17, 15) is 30.7 Å². The van der Waals surface area contributed by atoms with Crippen LogP contribution in [0, 0.1) is 0 Å². The van der Waals surface area contributed by atoms with E-state index in [4.69, 9.17) is 0 Å². The van der Waals surface area contributed by atoms with Gasteiger partial charge >= 0.3 is 18.4 Å². The zero-order valence-corrected chi connectivity index (χ0v) is 9.82. The van der Waals surface area contributed by atoms with Crippen molar-refractivity contribution in [1.29, 1.82) is 0 Å². The minimum atomic E-state index is -5.87. The molecule has 0 radical (unpaired) electrons. The van der Waals surface area contributed by atoms with Crippen LogP contribution in [0.3, 0.4) is 0 Å². The first kappa shape index (κ1) is 17.4. The molecule has 2 unspecified atom stereocenters. The SMILES string of the molecule is CCC(C)OC(C)C(F)(F)C(F)(F)OC(F)(F)F. The molecule has 0 saturated carbocycles. The summed E-state index contributed by atoms with van der Waals surface area (Å²) in [7, 11) is 0. The highest BCUT2D eigenvalue weighted by molar-refractivity contribution is 4.84. The van der Waals surface area contributed by atoms with E-state index >= 15 is 0 Å². The second kappa shape index (κ2) is 5.60. The number of halogens is 7. The summed E-state index contributed by atoms with van der Waals surface area (Å²) in [6, 6.07) is 0. The summed E-state index contributed by atoms with van der Waals surface area (Å²) in [5, 5.41) is 0. The van der Waals surface area contributed by atoms with Gasteiger partial charge in [-0.05, 0) is 20.3 Å².